The van der Waals surface area contributed by atoms with E-state index in [1.165, 1.54) is 125 Å². The van der Waals surface area contributed by atoms with Crippen LogP contribution in [0, 0.1) is 0 Å². The number of hydrogen-bond acceptors (Lipinski definition) is 0. The van der Waals surface area contributed by atoms with E-state index in [1.54, 1.807) is 0 Å². The monoisotopic (exact) mass is 824 g/mol. The molecule has 1 saturated carbocycles. The van der Waals surface area contributed by atoms with Crippen LogP contribution in [0.4, 0.5) is 0 Å². The smallest absolute Gasteiger partial charge is 0.179 e. The summed E-state index contributed by atoms with van der Waals surface area (Å²) in [5, 5.41) is 10.7. The summed E-state index contributed by atoms with van der Waals surface area (Å²) in [6.45, 7) is 0. The summed E-state index contributed by atoms with van der Waals surface area (Å²) in [4.78, 5) is 0. The van der Waals surface area contributed by atoms with Crippen LogP contribution < -0.4 is 20.7 Å². The van der Waals surface area contributed by atoms with E-state index in [-0.39, 0.29) is 0 Å². The minimum absolute atomic E-state index is 0.550. The van der Waals surface area contributed by atoms with Gasteiger partial charge in [0.2, 0.25) is 0 Å². The van der Waals surface area contributed by atoms with Crippen molar-refractivity contribution in [2.45, 2.75) is 38.0 Å². The molecule has 0 aliphatic heterocycles. The molecule has 1 fully saturated rings. The average molecular weight is 825 g/mol. The van der Waals surface area contributed by atoms with Gasteiger partial charge < -0.3 is 9.13 Å². The Morgan fingerprint density at radius 1 is 0.333 bits per heavy atom. The van der Waals surface area contributed by atoms with E-state index < -0.39 is 8.07 Å². The van der Waals surface area contributed by atoms with Crippen LogP contribution in [0.15, 0.2) is 224 Å². The van der Waals surface area contributed by atoms with Crippen molar-refractivity contribution in [2.75, 3.05) is 0 Å². The van der Waals surface area contributed by atoms with Crippen molar-refractivity contribution in [3.05, 3.63) is 230 Å². The van der Waals surface area contributed by atoms with Crippen molar-refractivity contribution in [2.24, 2.45) is 0 Å². The Hall–Kier alpha value is -7.20. The van der Waals surface area contributed by atoms with Gasteiger partial charge >= 0.3 is 0 Å². The Morgan fingerprint density at radius 3 is 1.46 bits per heavy atom. The highest BCUT2D eigenvalue weighted by atomic mass is 28.3. The molecule has 2 heterocycles. The Morgan fingerprint density at radius 2 is 0.825 bits per heavy atom. The number of rotatable bonds is 8. The molecule has 3 heteroatoms. The molecule has 0 amide bonds. The van der Waals surface area contributed by atoms with E-state index in [9.17, 15) is 0 Å². The molecule has 63 heavy (non-hydrogen) atoms. The van der Waals surface area contributed by atoms with Crippen LogP contribution in [0.2, 0.25) is 0 Å². The topological polar surface area (TPSA) is 9.86 Å². The van der Waals surface area contributed by atoms with E-state index in [4.69, 9.17) is 0 Å². The lowest BCUT2D eigenvalue weighted by molar-refractivity contribution is 0.445. The van der Waals surface area contributed by atoms with E-state index in [0.29, 0.717) is 5.92 Å². The van der Waals surface area contributed by atoms with E-state index in [2.05, 4.69) is 234 Å². The number of nitrogens with zero attached hydrogens (tertiary/aromatic N) is 2. The fraction of sp³-hybridized carbons (Fsp3) is 0.100. The molecule has 0 radical (unpaired) electrons. The summed E-state index contributed by atoms with van der Waals surface area (Å²) in [5.74, 6) is 0.550. The summed E-state index contributed by atoms with van der Waals surface area (Å²) < 4.78 is 5.05. The molecule has 11 aromatic rings. The van der Waals surface area contributed by atoms with Gasteiger partial charge in [0.25, 0.3) is 0 Å². The van der Waals surface area contributed by atoms with Crippen LogP contribution in [0.25, 0.3) is 66.1 Å². The first-order valence-corrected chi connectivity index (χ1v) is 24.7. The summed E-state index contributed by atoms with van der Waals surface area (Å²) in [6.07, 6.45) is 6.42. The highest BCUT2D eigenvalue weighted by molar-refractivity contribution is 7.19. The van der Waals surface area contributed by atoms with Crippen LogP contribution in [-0.4, -0.2) is 17.2 Å². The Labute approximate surface area is 370 Å². The van der Waals surface area contributed by atoms with Crippen molar-refractivity contribution >= 4 is 72.4 Å². The van der Waals surface area contributed by atoms with Crippen molar-refractivity contribution in [3.8, 4) is 22.5 Å². The Bertz CT molecular complexity index is 3280. The predicted octanol–water partition coefficient (Wildman–Crippen LogP) is 13.0. The summed E-state index contributed by atoms with van der Waals surface area (Å²) in [6, 6.07) is 84.4. The number of para-hydroxylation sites is 3. The first-order valence-electron chi connectivity index (χ1n) is 22.7. The zero-order valence-corrected chi connectivity index (χ0v) is 36.4. The van der Waals surface area contributed by atoms with Gasteiger partial charge in [0.15, 0.2) is 8.07 Å². The van der Waals surface area contributed by atoms with Crippen molar-refractivity contribution in [1.29, 1.82) is 0 Å². The molecule has 0 unspecified atom stereocenters. The molecular formula is C60H48N2Si. The molecule has 1 aliphatic rings. The zero-order chi connectivity index (χ0) is 41.7. The van der Waals surface area contributed by atoms with Gasteiger partial charge in [-0.15, -0.1) is 0 Å². The number of benzene rings is 9. The van der Waals surface area contributed by atoms with Gasteiger partial charge in [0.1, 0.15) is 0 Å². The molecule has 2 nitrogen and oxygen atoms in total. The standard InChI is InChI=1S/C60H48N2Si/c1-5-20-43(21-6-1)52-34-19-35-55-56-42-47(61-57-36-15-13-32-53(57)54-33-14-16-37-58(54)61)38-39-59(56)62(60(52)55)46-24-17-22-44(40-46)45-23-18-31-51(41-45)63(48-25-7-2-8-26-48,49-27-9-3-10-28-49)50-29-11-4-12-30-50/h2-4,7-19,22-43H,1,5-6,20-21H2. The highest BCUT2D eigenvalue weighted by Gasteiger charge is 2.41. The normalized spacial score (nSPS) is 13.7. The third-order valence-electron chi connectivity index (χ3n) is 14.0. The number of fused-ring (bicyclic) bond motifs is 6. The van der Waals surface area contributed by atoms with Crippen LogP contribution in [0.5, 0.6) is 0 Å². The maximum atomic E-state index is 2.59. The summed E-state index contributed by atoms with van der Waals surface area (Å²) >= 11 is 0. The van der Waals surface area contributed by atoms with Crippen LogP contribution in [-0.2, 0) is 0 Å². The second kappa shape index (κ2) is 15.6. The van der Waals surface area contributed by atoms with Gasteiger partial charge in [-0.3, -0.25) is 0 Å². The minimum atomic E-state index is -2.70. The van der Waals surface area contributed by atoms with E-state index in [1.807, 2.05) is 0 Å². The van der Waals surface area contributed by atoms with Crippen molar-refractivity contribution in [3.63, 3.8) is 0 Å². The SMILES string of the molecule is c1ccc([Si](c2ccccc2)(c2ccccc2)c2cccc(-c3cccc(-n4c5ccc(-n6c7ccccc7c7ccccc76)cc5c5cccc(C6CCCCC6)c54)c3)c2)cc1. The van der Waals surface area contributed by atoms with Crippen LogP contribution in [0.1, 0.15) is 43.6 Å². The lowest BCUT2D eigenvalue weighted by atomic mass is 9.83. The summed E-state index contributed by atoms with van der Waals surface area (Å²) in [5.41, 5.74) is 11.4. The first kappa shape index (κ1) is 37.5. The lowest BCUT2D eigenvalue weighted by Crippen LogP contribution is -2.74. The van der Waals surface area contributed by atoms with E-state index >= 15 is 0 Å². The third-order valence-corrected chi connectivity index (χ3v) is 18.8. The largest absolute Gasteiger partial charge is 0.309 e. The second-order valence-electron chi connectivity index (χ2n) is 17.5. The molecule has 12 rings (SSSR count). The van der Waals surface area contributed by atoms with E-state index in [0.717, 1.165) is 0 Å². The quantitative estimate of drug-likeness (QED) is 0.107. The summed E-state index contributed by atoms with van der Waals surface area (Å²) in [7, 11) is -2.70. The lowest BCUT2D eigenvalue weighted by Gasteiger charge is -2.34. The molecule has 0 N–H and O–H groups in total. The number of aromatic nitrogens is 2. The molecule has 2 aromatic heterocycles. The third kappa shape index (κ3) is 6.13. The molecule has 0 spiro atoms. The molecule has 0 saturated heterocycles. The molecule has 9 aromatic carbocycles. The second-order valence-corrected chi connectivity index (χ2v) is 21.3. The maximum Gasteiger partial charge on any atom is 0.179 e. The van der Waals surface area contributed by atoms with Crippen molar-refractivity contribution in [1.82, 2.24) is 9.13 Å². The van der Waals surface area contributed by atoms with Crippen molar-refractivity contribution < 1.29 is 0 Å². The van der Waals surface area contributed by atoms with Gasteiger partial charge in [-0.25, -0.2) is 0 Å². The van der Waals surface area contributed by atoms with Gasteiger partial charge in [0.05, 0.1) is 22.1 Å². The fourth-order valence-corrected chi connectivity index (χ4v) is 16.1. The molecule has 0 bridgehead atoms. The fourth-order valence-electron chi connectivity index (χ4n) is 11.3. The van der Waals surface area contributed by atoms with Gasteiger partial charge in [0, 0.05) is 32.9 Å². The average Bonchev–Trinajstić information content (AvgIpc) is 3.88. The first-order chi connectivity index (χ1) is 31.3. The minimum Gasteiger partial charge on any atom is -0.309 e. The molecular weight excluding hydrogens is 777 g/mol. The number of hydrogen-bond donors (Lipinski definition) is 0. The van der Waals surface area contributed by atoms with Gasteiger partial charge in [-0.05, 0) is 98.7 Å². The van der Waals surface area contributed by atoms with Gasteiger partial charge in [-0.2, -0.15) is 0 Å². The van der Waals surface area contributed by atoms with Crippen LogP contribution in [0.3, 0.4) is 0 Å². The Kier molecular flexibility index (Phi) is 9.30. The molecule has 1 aliphatic carbocycles. The highest BCUT2D eigenvalue weighted by Crippen LogP contribution is 2.43. The van der Waals surface area contributed by atoms with Crippen LogP contribution >= 0.6 is 0 Å². The maximum absolute atomic E-state index is 2.70. The molecule has 0 atom stereocenters. The molecule has 302 valence electrons. The zero-order valence-electron chi connectivity index (χ0n) is 35.4. The predicted molar refractivity (Wildman–Crippen MR) is 270 cm³/mol. The Balaban J connectivity index is 1.06. The van der Waals surface area contributed by atoms with Gasteiger partial charge in [-0.1, -0.05) is 201 Å².